The second-order valence-electron chi connectivity index (χ2n) is 5.84. The maximum Gasteiger partial charge on any atom is 0.459 e. The van der Waals surface area contributed by atoms with Crippen molar-refractivity contribution in [3.63, 3.8) is 0 Å². The van der Waals surface area contributed by atoms with Crippen LogP contribution in [0.3, 0.4) is 0 Å². The summed E-state index contributed by atoms with van der Waals surface area (Å²) in [6.07, 6.45) is -2.42. The zero-order chi connectivity index (χ0) is 19.5. The number of hydrogen-bond acceptors (Lipinski definition) is 2. The summed E-state index contributed by atoms with van der Waals surface area (Å²) in [6.45, 7) is 5.97. The Morgan fingerprint density at radius 1 is 1.08 bits per heavy atom. The molecule has 9 heteroatoms. The first-order valence-electron chi connectivity index (χ1n) is 7.54. The van der Waals surface area contributed by atoms with E-state index in [9.17, 15) is 35.8 Å². The monoisotopic (exact) mass is 375 g/mol. The van der Waals surface area contributed by atoms with Gasteiger partial charge in [0.1, 0.15) is 6.10 Å². The van der Waals surface area contributed by atoms with Crippen LogP contribution in [0.4, 0.5) is 30.7 Å². The highest BCUT2D eigenvalue weighted by atomic mass is 19.4. The summed E-state index contributed by atoms with van der Waals surface area (Å²) in [5, 5.41) is 9.55. The van der Waals surface area contributed by atoms with Gasteiger partial charge in [0, 0.05) is 18.6 Å². The van der Waals surface area contributed by atoms with Crippen molar-refractivity contribution in [2.75, 3.05) is 6.54 Å². The topological polar surface area (TPSA) is 23.5 Å². The van der Waals surface area contributed by atoms with Crippen molar-refractivity contribution in [1.82, 2.24) is 4.90 Å². The highest BCUT2D eigenvalue weighted by Gasteiger charge is 2.75. The van der Waals surface area contributed by atoms with Gasteiger partial charge < -0.3 is 5.11 Å². The lowest BCUT2D eigenvalue weighted by Gasteiger charge is -2.41. The lowest BCUT2D eigenvalue weighted by atomic mass is 9.95. The van der Waals surface area contributed by atoms with Gasteiger partial charge >= 0.3 is 18.0 Å². The molecular weight excluding hydrogens is 355 g/mol. The first-order chi connectivity index (χ1) is 11.4. The third kappa shape index (κ3) is 4.44. The number of rotatable bonds is 8. The number of aliphatic hydroxyl groups is 1. The average Bonchev–Trinajstić information content (AvgIpc) is 2.49. The van der Waals surface area contributed by atoms with Crippen LogP contribution in [0.15, 0.2) is 37.5 Å². The number of alkyl halides is 7. The van der Waals surface area contributed by atoms with Gasteiger partial charge in [0.2, 0.25) is 0 Å². The van der Waals surface area contributed by atoms with Gasteiger partial charge in [0.15, 0.2) is 0 Å². The van der Waals surface area contributed by atoms with E-state index in [1.54, 1.807) is 12.2 Å². The Bertz CT molecular complexity index is 501. The third-order valence-electron chi connectivity index (χ3n) is 4.09. The predicted octanol–water partition coefficient (Wildman–Crippen LogP) is 4.33. The van der Waals surface area contributed by atoms with Crippen LogP contribution in [0.25, 0.3) is 0 Å². The molecule has 0 bridgehead atoms. The van der Waals surface area contributed by atoms with E-state index in [1.165, 1.54) is 17.1 Å². The Hall–Kier alpha value is -1.35. The van der Waals surface area contributed by atoms with Gasteiger partial charge in [-0.3, -0.25) is 4.90 Å². The Morgan fingerprint density at radius 3 is 2.12 bits per heavy atom. The molecule has 1 N–H and O–H groups in total. The molecule has 0 aromatic carbocycles. The molecule has 1 aliphatic heterocycles. The summed E-state index contributed by atoms with van der Waals surface area (Å²) in [5.41, 5.74) is 0. The molecule has 0 saturated heterocycles. The maximum atomic E-state index is 13.7. The number of hydrogen-bond donors (Lipinski definition) is 1. The van der Waals surface area contributed by atoms with Crippen molar-refractivity contribution in [1.29, 1.82) is 0 Å². The van der Waals surface area contributed by atoms with Crippen LogP contribution in [-0.4, -0.2) is 52.8 Å². The van der Waals surface area contributed by atoms with Gasteiger partial charge in [-0.1, -0.05) is 24.3 Å². The minimum absolute atomic E-state index is 0.262. The molecule has 0 aromatic heterocycles. The number of halogens is 7. The Kier molecular flexibility index (Phi) is 6.86. The zero-order valence-corrected chi connectivity index (χ0v) is 13.3. The van der Waals surface area contributed by atoms with Gasteiger partial charge in [0.25, 0.3) is 0 Å². The quantitative estimate of drug-likeness (QED) is 0.504. The average molecular weight is 375 g/mol. The predicted molar refractivity (Wildman–Crippen MR) is 79.6 cm³/mol. The van der Waals surface area contributed by atoms with Crippen molar-refractivity contribution < 1.29 is 35.8 Å². The SMILES string of the molecule is C=CC[C@@H]1CC=C[C@@H](CC=C)N1C[C@@H](O)C(F)(F)C(F)(F)C(F)(F)F. The van der Waals surface area contributed by atoms with Crippen LogP contribution in [0.2, 0.25) is 0 Å². The third-order valence-corrected chi connectivity index (χ3v) is 4.09. The molecule has 0 aliphatic carbocycles. The van der Waals surface area contributed by atoms with Crippen molar-refractivity contribution in [2.45, 2.75) is 55.5 Å². The van der Waals surface area contributed by atoms with E-state index in [0.717, 1.165) is 0 Å². The molecular formula is C16H20F7NO. The van der Waals surface area contributed by atoms with Crippen molar-refractivity contribution in [3.8, 4) is 0 Å². The normalized spacial score (nSPS) is 24.2. The van der Waals surface area contributed by atoms with Crippen molar-refractivity contribution in [3.05, 3.63) is 37.5 Å². The molecule has 144 valence electrons. The summed E-state index contributed by atoms with van der Waals surface area (Å²) < 4.78 is 90.4. The lowest BCUT2D eigenvalue weighted by molar-refractivity contribution is -0.371. The number of aliphatic hydroxyl groups excluding tert-OH is 1. The van der Waals surface area contributed by atoms with Crippen LogP contribution in [0.5, 0.6) is 0 Å². The van der Waals surface area contributed by atoms with Crippen LogP contribution in [-0.2, 0) is 0 Å². The van der Waals surface area contributed by atoms with E-state index >= 15 is 0 Å². The Labute approximate surface area is 141 Å². The molecule has 0 aromatic rings. The van der Waals surface area contributed by atoms with Gasteiger partial charge in [-0.05, 0) is 19.3 Å². The van der Waals surface area contributed by atoms with Crippen molar-refractivity contribution >= 4 is 0 Å². The number of nitrogens with zero attached hydrogens (tertiary/aromatic N) is 1. The first-order valence-corrected chi connectivity index (χ1v) is 7.54. The summed E-state index contributed by atoms with van der Waals surface area (Å²) in [6, 6.07) is -0.987. The van der Waals surface area contributed by atoms with Crippen molar-refractivity contribution in [2.24, 2.45) is 0 Å². The fourth-order valence-corrected chi connectivity index (χ4v) is 2.72. The van der Waals surface area contributed by atoms with E-state index in [0.29, 0.717) is 12.8 Å². The highest BCUT2D eigenvalue weighted by molar-refractivity contribution is 5.08. The van der Waals surface area contributed by atoms with Crippen LogP contribution >= 0.6 is 0 Å². The zero-order valence-electron chi connectivity index (χ0n) is 13.3. The van der Waals surface area contributed by atoms with E-state index in [1.807, 2.05) is 0 Å². The van der Waals surface area contributed by atoms with Crippen LogP contribution < -0.4 is 0 Å². The highest BCUT2D eigenvalue weighted by Crippen LogP contribution is 2.48. The minimum atomic E-state index is -6.47. The Morgan fingerprint density at radius 2 is 1.64 bits per heavy atom. The minimum Gasteiger partial charge on any atom is -0.385 e. The van der Waals surface area contributed by atoms with E-state index < -0.39 is 42.8 Å². The summed E-state index contributed by atoms with van der Waals surface area (Å²) >= 11 is 0. The van der Waals surface area contributed by atoms with E-state index in [-0.39, 0.29) is 6.42 Å². The molecule has 2 nitrogen and oxygen atoms in total. The van der Waals surface area contributed by atoms with Crippen LogP contribution in [0.1, 0.15) is 19.3 Å². The molecule has 1 rings (SSSR count). The smallest absolute Gasteiger partial charge is 0.385 e. The molecule has 1 heterocycles. The van der Waals surface area contributed by atoms with E-state index in [4.69, 9.17) is 0 Å². The maximum absolute atomic E-state index is 13.7. The second kappa shape index (κ2) is 7.90. The summed E-state index contributed by atoms with van der Waals surface area (Å²) in [7, 11) is 0. The molecule has 0 unspecified atom stereocenters. The van der Waals surface area contributed by atoms with Gasteiger partial charge in [0.05, 0.1) is 0 Å². The molecule has 0 amide bonds. The standard InChI is InChI=1S/C16H20F7NO/c1-3-6-11-8-5-9-12(7-4-2)24(11)10-13(25)14(17,18)15(19,20)16(21,22)23/h3-5,8,11-13,25H,1-2,6-7,9-10H2/t11-,12-,13-/m1/s1. The second-order valence-corrected chi connectivity index (χ2v) is 5.84. The molecule has 0 spiro atoms. The molecule has 3 atom stereocenters. The molecule has 0 fully saturated rings. The Balaban J connectivity index is 3.07. The largest absolute Gasteiger partial charge is 0.459 e. The van der Waals surface area contributed by atoms with Gasteiger partial charge in [-0.25, -0.2) is 0 Å². The fourth-order valence-electron chi connectivity index (χ4n) is 2.72. The molecule has 25 heavy (non-hydrogen) atoms. The molecule has 1 aliphatic rings. The molecule has 0 radical (unpaired) electrons. The van der Waals surface area contributed by atoms with Crippen LogP contribution in [0, 0.1) is 0 Å². The summed E-state index contributed by atoms with van der Waals surface area (Å²) in [5.74, 6) is -12.0. The van der Waals surface area contributed by atoms with Gasteiger partial charge in [-0.15, -0.1) is 13.2 Å². The lowest BCUT2D eigenvalue weighted by Crippen LogP contribution is -2.61. The van der Waals surface area contributed by atoms with E-state index in [2.05, 4.69) is 13.2 Å². The van der Waals surface area contributed by atoms with Gasteiger partial charge in [-0.2, -0.15) is 30.7 Å². The fraction of sp³-hybridized carbons (Fsp3) is 0.625. The summed E-state index contributed by atoms with van der Waals surface area (Å²) in [4.78, 5) is 1.29. The first kappa shape index (κ1) is 21.7. The number of β-amino-alcohol motifs (C(OH)–C–C–N with tert-alkyl or cyclic N) is 1. The molecule has 0 saturated carbocycles.